The van der Waals surface area contributed by atoms with E-state index in [2.05, 4.69) is 21.8 Å². The van der Waals surface area contributed by atoms with E-state index in [1.165, 1.54) is 37.8 Å². The van der Waals surface area contributed by atoms with Gasteiger partial charge in [0.1, 0.15) is 6.61 Å². The SMILES string of the molecule is CCCCCCCCn1c(CCCCNC(=O)OCc2ccccc2)cnc1N. The van der Waals surface area contributed by atoms with Crippen LogP contribution in [-0.2, 0) is 24.3 Å². The van der Waals surface area contributed by atoms with E-state index < -0.39 is 0 Å². The number of hydrogen-bond donors (Lipinski definition) is 2. The molecule has 2 aromatic rings. The first-order valence-electron chi connectivity index (χ1n) is 10.9. The summed E-state index contributed by atoms with van der Waals surface area (Å²) in [5.74, 6) is 0.608. The third-order valence-corrected chi connectivity index (χ3v) is 5.05. The molecule has 6 heteroatoms. The summed E-state index contributed by atoms with van der Waals surface area (Å²) in [5.41, 5.74) is 8.20. The summed E-state index contributed by atoms with van der Waals surface area (Å²) >= 11 is 0. The molecule has 160 valence electrons. The van der Waals surface area contributed by atoms with Crippen molar-refractivity contribution < 1.29 is 9.53 Å². The van der Waals surface area contributed by atoms with E-state index >= 15 is 0 Å². The Hall–Kier alpha value is -2.50. The highest BCUT2D eigenvalue weighted by Gasteiger charge is 2.07. The number of imidazole rings is 1. The maximum absolute atomic E-state index is 11.8. The van der Waals surface area contributed by atoms with E-state index in [1.807, 2.05) is 36.5 Å². The van der Waals surface area contributed by atoms with Crippen LogP contribution in [0.15, 0.2) is 36.5 Å². The monoisotopic (exact) mass is 400 g/mol. The van der Waals surface area contributed by atoms with Crippen LogP contribution in [0.4, 0.5) is 10.7 Å². The quantitative estimate of drug-likeness (QED) is 0.434. The van der Waals surface area contributed by atoms with Crippen LogP contribution in [0.3, 0.4) is 0 Å². The predicted octanol–water partition coefficient (Wildman–Crippen LogP) is 5.07. The molecule has 1 amide bonds. The third kappa shape index (κ3) is 9.03. The van der Waals surface area contributed by atoms with Gasteiger partial charge in [0.05, 0.1) is 6.20 Å². The molecule has 1 aromatic carbocycles. The molecule has 6 nitrogen and oxygen atoms in total. The van der Waals surface area contributed by atoms with Crippen LogP contribution in [0.5, 0.6) is 0 Å². The number of aryl methyl sites for hydroxylation is 1. The molecule has 0 aliphatic heterocycles. The zero-order valence-corrected chi connectivity index (χ0v) is 17.7. The Kier molecular flexibility index (Phi) is 10.7. The number of aromatic nitrogens is 2. The van der Waals surface area contributed by atoms with Crippen molar-refractivity contribution in [3.05, 3.63) is 47.8 Å². The van der Waals surface area contributed by atoms with Crippen molar-refractivity contribution in [3.63, 3.8) is 0 Å². The molecule has 0 radical (unpaired) electrons. The summed E-state index contributed by atoms with van der Waals surface area (Å²) in [4.78, 5) is 16.0. The Morgan fingerprint density at radius 1 is 1.07 bits per heavy atom. The largest absolute Gasteiger partial charge is 0.445 e. The molecule has 1 heterocycles. The van der Waals surface area contributed by atoms with Gasteiger partial charge in [-0.1, -0.05) is 69.4 Å². The van der Waals surface area contributed by atoms with Crippen LogP contribution in [0, 0.1) is 0 Å². The van der Waals surface area contributed by atoms with Gasteiger partial charge in [0.2, 0.25) is 0 Å². The molecule has 0 spiro atoms. The number of ether oxygens (including phenoxy) is 1. The Morgan fingerprint density at radius 2 is 1.83 bits per heavy atom. The molecule has 3 N–H and O–H groups in total. The highest BCUT2D eigenvalue weighted by Crippen LogP contribution is 2.14. The molecular weight excluding hydrogens is 364 g/mol. The number of anilines is 1. The number of unbranched alkanes of at least 4 members (excludes halogenated alkanes) is 6. The van der Waals surface area contributed by atoms with Crippen LogP contribution in [-0.4, -0.2) is 22.2 Å². The molecule has 0 unspecified atom stereocenters. The second kappa shape index (κ2) is 13.6. The summed E-state index contributed by atoms with van der Waals surface area (Å²) in [6.07, 6.45) is 11.9. The van der Waals surface area contributed by atoms with E-state index in [0.29, 0.717) is 19.1 Å². The van der Waals surface area contributed by atoms with Gasteiger partial charge in [-0.15, -0.1) is 0 Å². The molecule has 1 aromatic heterocycles. The van der Waals surface area contributed by atoms with E-state index in [-0.39, 0.29) is 6.09 Å². The van der Waals surface area contributed by atoms with Gasteiger partial charge in [0, 0.05) is 18.8 Å². The Labute approximate surface area is 174 Å². The van der Waals surface area contributed by atoms with E-state index in [0.717, 1.165) is 37.8 Å². The first-order chi connectivity index (χ1) is 14.2. The second-order valence-electron chi connectivity index (χ2n) is 7.47. The van der Waals surface area contributed by atoms with Crippen molar-refractivity contribution in [2.75, 3.05) is 12.3 Å². The number of amides is 1. The Morgan fingerprint density at radius 3 is 2.62 bits per heavy atom. The molecule has 0 bridgehead atoms. The maximum atomic E-state index is 11.8. The zero-order chi connectivity index (χ0) is 20.7. The zero-order valence-electron chi connectivity index (χ0n) is 17.7. The van der Waals surface area contributed by atoms with Crippen molar-refractivity contribution in [1.29, 1.82) is 0 Å². The minimum Gasteiger partial charge on any atom is -0.445 e. The van der Waals surface area contributed by atoms with Gasteiger partial charge in [-0.2, -0.15) is 0 Å². The normalized spacial score (nSPS) is 10.8. The molecule has 0 fully saturated rings. The van der Waals surface area contributed by atoms with Crippen molar-refractivity contribution >= 4 is 12.0 Å². The minimum absolute atomic E-state index is 0.295. The smallest absolute Gasteiger partial charge is 0.407 e. The number of nitrogens with one attached hydrogen (secondary N) is 1. The van der Waals surface area contributed by atoms with Gasteiger partial charge < -0.3 is 20.4 Å². The average molecular weight is 401 g/mol. The number of carbonyl (C=O) groups is 1. The fourth-order valence-corrected chi connectivity index (χ4v) is 3.33. The van der Waals surface area contributed by atoms with Crippen molar-refractivity contribution in [1.82, 2.24) is 14.9 Å². The number of rotatable bonds is 14. The lowest BCUT2D eigenvalue weighted by molar-refractivity contribution is 0.139. The highest BCUT2D eigenvalue weighted by molar-refractivity contribution is 5.67. The number of benzene rings is 1. The molecule has 0 atom stereocenters. The van der Waals surface area contributed by atoms with E-state index in [4.69, 9.17) is 10.5 Å². The van der Waals surface area contributed by atoms with E-state index in [1.54, 1.807) is 0 Å². The first-order valence-corrected chi connectivity index (χ1v) is 10.9. The molecule has 0 aliphatic carbocycles. The summed E-state index contributed by atoms with van der Waals surface area (Å²) in [5, 5.41) is 2.81. The second-order valence-corrected chi connectivity index (χ2v) is 7.47. The van der Waals surface area contributed by atoms with Crippen LogP contribution < -0.4 is 11.1 Å². The van der Waals surface area contributed by atoms with Crippen molar-refractivity contribution in [2.45, 2.75) is 77.9 Å². The van der Waals surface area contributed by atoms with Crippen molar-refractivity contribution in [3.8, 4) is 0 Å². The number of nitrogens with two attached hydrogens (primary N) is 1. The summed E-state index contributed by atoms with van der Waals surface area (Å²) in [6.45, 7) is 4.08. The van der Waals surface area contributed by atoms with Gasteiger partial charge in [-0.05, 0) is 31.2 Å². The maximum Gasteiger partial charge on any atom is 0.407 e. The van der Waals surface area contributed by atoms with Gasteiger partial charge in [0.25, 0.3) is 0 Å². The number of carbonyl (C=O) groups excluding carboxylic acids is 1. The van der Waals surface area contributed by atoms with Gasteiger partial charge in [-0.25, -0.2) is 9.78 Å². The fraction of sp³-hybridized carbons (Fsp3) is 0.565. The Balaban J connectivity index is 1.58. The topological polar surface area (TPSA) is 82.2 Å². The number of hydrogen-bond acceptors (Lipinski definition) is 4. The molecule has 2 rings (SSSR count). The van der Waals surface area contributed by atoms with Crippen LogP contribution in [0.2, 0.25) is 0 Å². The highest BCUT2D eigenvalue weighted by atomic mass is 16.5. The van der Waals surface area contributed by atoms with Crippen LogP contribution >= 0.6 is 0 Å². The van der Waals surface area contributed by atoms with Crippen molar-refractivity contribution in [2.24, 2.45) is 0 Å². The lowest BCUT2D eigenvalue weighted by Crippen LogP contribution is -2.25. The van der Waals surface area contributed by atoms with Gasteiger partial charge in [-0.3, -0.25) is 0 Å². The standard InChI is InChI=1S/C23H36N4O2/c1-2-3-4-5-6-12-17-27-21(18-26-22(27)24)15-10-11-16-25-23(28)29-19-20-13-8-7-9-14-20/h7-9,13-14,18H,2-6,10-12,15-17,19H2,1H3,(H2,24,26)(H,25,28). The number of alkyl carbamates (subject to hydrolysis) is 1. The van der Waals surface area contributed by atoms with E-state index in [9.17, 15) is 4.79 Å². The molecule has 29 heavy (non-hydrogen) atoms. The molecule has 0 saturated heterocycles. The summed E-state index contributed by atoms with van der Waals surface area (Å²) < 4.78 is 7.35. The van der Waals surface area contributed by atoms with Gasteiger partial charge >= 0.3 is 6.09 Å². The lowest BCUT2D eigenvalue weighted by atomic mass is 10.1. The summed E-state index contributed by atoms with van der Waals surface area (Å²) in [6, 6.07) is 9.68. The molecular formula is C23H36N4O2. The fourth-order valence-electron chi connectivity index (χ4n) is 3.33. The van der Waals surface area contributed by atoms with Crippen LogP contribution in [0.1, 0.15) is 69.5 Å². The summed E-state index contributed by atoms with van der Waals surface area (Å²) in [7, 11) is 0. The number of nitrogen functional groups attached to an aromatic ring is 1. The van der Waals surface area contributed by atoms with Crippen LogP contribution in [0.25, 0.3) is 0 Å². The minimum atomic E-state index is -0.369. The first kappa shape index (κ1) is 22.8. The Bertz CT molecular complexity index is 700. The molecule has 0 aliphatic rings. The van der Waals surface area contributed by atoms with Gasteiger partial charge in [0.15, 0.2) is 5.95 Å². The third-order valence-electron chi connectivity index (χ3n) is 5.05. The lowest BCUT2D eigenvalue weighted by Gasteiger charge is -2.10. The predicted molar refractivity (Wildman–Crippen MR) is 118 cm³/mol. The molecule has 0 saturated carbocycles. The average Bonchev–Trinajstić information content (AvgIpc) is 3.09. The number of nitrogens with zero attached hydrogens (tertiary/aromatic N) is 2.